The van der Waals surface area contributed by atoms with E-state index in [1.54, 1.807) is 24.3 Å². The third-order valence-electron chi connectivity index (χ3n) is 3.60. The number of esters is 1. The topological polar surface area (TPSA) is 90.9 Å². The number of carbonyl (C=O) groups excluding carboxylic acids is 3. The quantitative estimate of drug-likeness (QED) is 0.304. The number of halogens is 1. The van der Waals surface area contributed by atoms with E-state index in [0.717, 1.165) is 18.4 Å². The summed E-state index contributed by atoms with van der Waals surface area (Å²) < 4.78 is 15.3. The molecule has 0 aliphatic carbocycles. The average molecular weight is 412 g/mol. The minimum atomic E-state index is -1.11. The van der Waals surface area contributed by atoms with Crippen molar-refractivity contribution < 1.29 is 28.6 Å². The van der Waals surface area contributed by atoms with Gasteiger partial charge in [-0.3, -0.25) is 9.59 Å². The summed E-state index contributed by atoms with van der Waals surface area (Å²) in [6.45, 7) is 5.47. The minimum Gasteiger partial charge on any atom is -0.466 e. The van der Waals surface area contributed by atoms with E-state index in [1.165, 1.54) is 6.08 Å². The van der Waals surface area contributed by atoms with Crippen molar-refractivity contribution in [2.24, 2.45) is 0 Å². The minimum absolute atomic E-state index is 0.0172. The van der Waals surface area contributed by atoms with Gasteiger partial charge >= 0.3 is 12.1 Å². The molecule has 0 aliphatic heterocycles. The molecule has 8 heteroatoms. The van der Waals surface area contributed by atoms with Gasteiger partial charge in [0.2, 0.25) is 0 Å². The molecule has 0 heterocycles. The zero-order valence-electron chi connectivity index (χ0n) is 15.9. The highest BCUT2D eigenvalue weighted by Crippen LogP contribution is 2.15. The van der Waals surface area contributed by atoms with Gasteiger partial charge < -0.3 is 19.5 Å². The fourth-order valence-corrected chi connectivity index (χ4v) is 2.29. The Hall–Kier alpha value is -2.38. The second-order valence-electron chi connectivity index (χ2n) is 5.91. The van der Waals surface area contributed by atoms with E-state index in [-0.39, 0.29) is 32.8 Å². The van der Waals surface area contributed by atoms with Crippen molar-refractivity contribution >= 4 is 29.4 Å². The summed E-state index contributed by atoms with van der Waals surface area (Å²) >= 11 is 6.04. The number of alkyl carbamates (subject to hydrolysis) is 1. The van der Waals surface area contributed by atoms with Gasteiger partial charge in [-0.25, -0.2) is 4.79 Å². The van der Waals surface area contributed by atoms with E-state index in [9.17, 15) is 14.4 Å². The van der Waals surface area contributed by atoms with Crippen LogP contribution in [-0.4, -0.2) is 43.7 Å². The smallest absolute Gasteiger partial charge is 0.408 e. The zero-order chi connectivity index (χ0) is 20.8. The fraction of sp³-hybridized carbons (Fsp3) is 0.450. The van der Waals surface area contributed by atoms with Crippen molar-refractivity contribution in [3.05, 3.63) is 47.5 Å². The molecule has 0 aliphatic rings. The molecule has 1 amide bonds. The standard InChI is InChI=1S/C20H26ClNO6/c1-3-5-11-27-19(24)12-17(22-20(25)28-10-4-2)18(23)14-26-13-15-8-6-7-9-16(15)21/h4,6-9,17H,2-3,5,10-14H2,1H3,(H,22,25). The van der Waals surface area contributed by atoms with Gasteiger partial charge in [0.05, 0.1) is 19.6 Å². The number of ketones is 1. The van der Waals surface area contributed by atoms with E-state index in [2.05, 4.69) is 11.9 Å². The molecule has 28 heavy (non-hydrogen) atoms. The summed E-state index contributed by atoms with van der Waals surface area (Å²) in [6, 6.07) is 5.97. The van der Waals surface area contributed by atoms with Gasteiger partial charge in [0.1, 0.15) is 19.3 Å². The number of unbranched alkanes of at least 4 members (excludes halogenated alkanes) is 1. The summed E-state index contributed by atoms with van der Waals surface area (Å²) in [7, 11) is 0. The number of ether oxygens (including phenoxy) is 3. The van der Waals surface area contributed by atoms with E-state index in [0.29, 0.717) is 5.02 Å². The molecule has 0 spiro atoms. The Balaban J connectivity index is 2.60. The lowest BCUT2D eigenvalue weighted by molar-refractivity contribution is -0.146. The van der Waals surface area contributed by atoms with Crippen LogP contribution in [0.15, 0.2) is 36.9 Å². The third-order valence-corrected chi connectivity index (χ3v) is 3.97. The summed E-state index contributed by atoms with van der Waals surface area (Å²) in [5.74, 6) is -1.06. The van der Waals surface area contributed by atoms with Crippen LogP contribution in [0.1, 0.15) is 31.7 Å². The van der Waals surface area contributed by atoms with Crippen LogP contribution < -0.4 is 5.32 Å². The van der Waals surface area contributed by atoms with Crippen LogP contribution in [0.3, 0.4) is 0 Å². The third kappa shape index (κ3) is 9.53. The lowest BCUT2D eigenvalue weighted by Crippen LogP contribution is -2.44. The Morgan fingerprint density at radius 3 is 2.68 bits per heavy atom. The number of Topliss-reactive ketones (excluding diaryl/α,β-unsaturated/α-hetero) is 1. The number of amides is 1. The van der Waals surface area contributed by atoms with Gasteiger partial charge in [-0.05, 0) is 18.1 Å². The van der Waals surface area contributed by atoms with Gasteiger partial charge in [0, 0.05) is 5.02 Å². The number of hydrogen-bond acceptors (Lipinski definition) is 6. The van der Waals surface area contributed by atoms with Crippen LogP contribution in [-0.2, 0) is 30.4 Å². The predicted octanol–water partition coefficient (Wildman–Crippen LogP) is 3.44. The van der Waals surface area contributed by atoms with Crippen molar-refractivity contribution in [3.8, 4) is 0 Å². The van der Waals surface area contributed by atoms with Crippen molar-refractivity contribution in [3.63, 3.8) is 0 Å². The maximum atomic E-state index is 12.4. The number of benzene rings is 1. The van der Waals surface area contributed by atoms with Gasteiger partial charge in [-0.2, -0.15) is 0 Å². The number of hydrogen-bond donors (Lipinski definition) is 1. The van der Waals surface area contributed by atoms with Gasteiger partial charge in [0.25, 0.3) is 0 Å². The van der Waals surface area contributed by atoms with Gasteiger partial charge in [-0.15, -0.1) is 0 Å². The SMILES string of the molecule is C=CCOC(=O)NC(CC(=O)OCCCC)C(=O)COCc1ccccc1Cl. The highest BCUT2D eigenvalue weighted by Gasteiger charge is 2.25. The Kier molecular flexibility index (Phi) is 11.6. The summed E-state index contributed by atoms with van der Waals surface area (Å²) in [5, 5.41) is 2.89. The summed E-state index contributed by atoms with van der Waals surface area (Å²) in [4.78, 5) is 36.1. The van der Waals surface area contributed by atoms with E-state index >= 15 is 0 Å². The van der Waals surface area contributed by atoms with Crippen LogP contribution >= 0.6 is 11.6 Å². The van der Waals surface area contributed by atoms with Crippen LogP contribution in [0.2, 0.25) is 5.02 Å². The Morgan fingerprint density at radius 1 is 1.25 bits per heavy atom. The Morgan fingerprint density at radius 2 is 2.00 bits per heavy atom. The zero-order valence-corrected chi connectivity index (χ0v) is 16.7. The second kappa shape index (κ2) is 13.7. The molecule has 0 aromatic heterocycles. The highest BCUT2D eigenvalue weighted by molar-refractivity contribution is 6.31. The maximum absolute atomic E-state index is 12.4. The molecular weight excluding hydrogens is 386 g/mol. The van der Waals surface area contributed by atoms with E-state index < -0.39 is 23.9 Å². The maximum Gasteiger partial charge on any atom is 0.408 e. The molecule has 0 radical (unpaired) electrons. The molecule has 7 nitrogen and oxygen atoms in total. The molecule has 1 N–H and O–H groups in total. The fourth-order valence-electron chi connectivity index (χ4n) is 2.10. The van der Waals surface area contributed by atoms with Crippen LogP contribution in [0.4, 0.5) is 4.79 Å². The first-order valence-corrected chi connectivity index (χ1v) is 9.39. The first kappa shape index (κ1) is 23.7. The summed E-state index contributed by atoms with van der Waals surface area (Å²) in [6.07, 6.45) is 1.85. The molecule has 0 saturated carbocycles. The largest absolute Gasteiger partial charge is 0.466 e. The summed E-state index contributed by atoms with van der Waals surface area (Å²) in [5.41, 5.74) is 0.728. The highest BCUT2D eigenvalue weighted by atomic mass is 35.5. The molecular formula is C20H26ClNO6. The van der Waals surface area contributed by atoms with Crippen molar-refractivity contribution in [2.45, 2.75) is 38.8 Å². The van der Waals surface area contributed by atoms with Crippen molar-refractivity contribution in [2.75, 3.05) is 19.8 Å². The molecule has 1 unspecified atom stereocenters. The average Bonchev–Trinajstić information content (AvgIpc) is 2.67. The molecule has 0 saturated heterocycles. The lowest BCUT2D eigenvalue weighted by atomic mass is 10.1. The molecule has 154 valence electrons. The molecule has 1 aromatic rings. The molecule has 1 atom stereocenters. The number of carbonyl (C=O) groups is 3. The number of nitrogens with one attached hydrogen (secondary N) is 1. The van der Waals surface area contributed by atoms with E-state index in [4.69, 9.17) is 25.8 Å². The normalized spacial score (nSPS) is 11.4. The number of rotatable bonds is 13. The molecule has 1 aromatic carbocycles. The lowest BCUT2D eigenvalue weighted by Gasteiger charge is -2.17. The Bertz CT molecular complexity index is 664. The van der Waals surface area contributed by atoms with Crippen molar-refractivity contribution in [1.82, 2.24) is 5.32 Å². The first-order chi connectivity index (χ1) is 13.5. The Labute approximate surface area is 170 Å². The van der Waals surface area contributed by atoms with Crippen LogP contribution in [0.25, 0.3) is 0 Å². The monoisotopic (exact) mass is 411 g/mol. The van der Waals surface area contributed by atoms with Crippen molar-refractivity contribution in [1.29, 1.82) is 0 Å². The predicted molar refractivity (Wildman–Crippen MR) is 105 cm³/mol. The van der Waals surface area contributed by atoms with Crippen LogP contribution in [0, 0.1) is 0 Å². The first-order valence-electron chi connectivity index (χ1n) is 9.01. The van der Waals surface area contributed by atoms with Gasteiger partial charge in [-0.1, -0.05) is 55.8 Å². The molecule has 0 bridgehead atoms. The van der Waals surface area contributed by atoms with E-state index in [1.807, 2.05) is 6.92 Å². The molecule has 0 fully saturated rings. The van der Waals surface area contributed by atoms with Gasteiger partial charge in [0.15, 0.2) is 5.78 Å². The second-order valence-corrected chi connectivity index (χ2v) is 6.32. The molecule has 1 rings (SSSR count). The van der Waals surface area contributed by atoms with Crippen LogP contribution in [0.5, 0.6) is 0 Å².